The van der Waals surface area contributed by atoms with E-state index in [0.717, 1.165) is 0 Å². The molecule has 1 aliphatic rings. The largest absolute Gasteiger partial charge is 0.489 e. The molecular formula is C17H15FO3. The first kappa shape index (κ1) is 13.6. The average molecular weight is 286 g/mol. The molecule has 1 aliphatic heterocycles. The molecule has 3 nitrogen and oxygen atoms in total. The molecule has 0 aromatic heterocycles. The normalized spacial score (nSPS) is 17.1. The van der Waals surface area contributed by atoms with Crippen LogP contribution in [0.2, 0.25) is 0 Å². The number of carbonyl (C=O) groups excluding carboxylic acids is 1. The molecule has 108 valence electrons. The van der Waals surface area contributed by atoms with Gasteiger partial charge in [0.15, 0.2) is 17.3 Å². The van der Waals surface area contributed by atoms with Crippen molar-refractivity contribution in [1.82, 2.24) is 0 Å². The number of fused-ring (bicyclic) bond motifs is 1. The fourth-order valence-corrected chi connectivity index (χ4v) is 2.19. The lowest BCUT2D eigenvalue weighted by molar-refractivity contribution is 0.103. The Kier molecular flexibility index (Phi) is 3.60. The van der Waals surface area contributed by atoms with E-state index in [1.54, 1.807) is 30.3 Å². The molecule has 3 rings (SSSR count). The van der Waals surface area contributed by atoms with Crippen molar-refractivity contribution in [3.63, 3.8) is 0 Å². The van der Waals surface area contributed by atoms with Gasteiger partial charge < -0.3 is 9.47 Å². The Hall–Kier alpha value is -2.36. The van der Waals surface area contributed by atoms with E-state index < -0.39 is 5.82 Å². The molecule has 0 saturated carbocycles. The maximum atomic E-state index is 13.7. The van der Waals surface area contributed by atoms with Crippen LogP contribution >= 0.6 is 0 Å². The van der Waals surface area contributed by atoms with Crippen molar-refractivity contribution in [1.29, 1.82) is 0 Å². The molecular weight excluding hydrogens is 271 g/mol. The third-order valence-corrected chi connectivity index (χ3v) is 3.37. The monoisotopic (exact) mass is 286 g/mol. The van der Waals surface area contributed by atoms with Gasteiger partial charge in [0.05, 0.1) is 18.8 Å². The highest BCUT2D eigenvalue weighted by Gasteiger charge is 2.19. The molecule has 1 heterocycles. The first-order valence-corrected chi connectivity index (χ1v) is 6.84. The Bertz CT molecular complexity index is 681. The van der Waals surface area contributed by atoms with Gasteiger partial charge in [-0.25, -0.2) is 4.39 Å². The van der Waals surface area contributed by atoms with Crippen molar-refractivity contribution in [2.75, 3.05) is 13.2 Å². The van der Waals surface area contributed by atoms with Crippen molar-refractivity contribution in [3.05, 3.63) is 59.4 Å². The maximum Gasteiger partial charge on any atom is 0.196 e. The second-order valence-electron chi connectivity index (χ2n) is 5.20. The van der Waals surface area contributed by atoms with Crippen LogP contribution in [0.4, 0.5) is 4.39 Å². The summed E-state index contributed by atoms with van der Waals surface area (Å²) in [5.74, 6) is 0.536. The molecule has 0 fully saturated rings. The summed E-state index contributed by atoms with van der Waals surface area (Å²) < 4.78 is 25.0. The minimum atomic E-state index is -0.525. The first-order chi connectivity index (χ1) is 10.1. The predicted molar refractivity (Wildman–Crippen MR) is 76.4 cm³/mol. The summed E-state index contributed by atoms with van der Waals surface area (Å²) in [5.41, 5.74) is 0.442. The molecule has 0 amide bonds. The van der Waals surface area contributed by atoms with Crippen molar-refractivity contribution in [3.8, 4) is 11.5 Å². The van der Waals surface area contributed by atoms with E-state index in [2.05, 4.69) is 0 Å². The molecule has 0 spiro atoms. The summed E-state index contributed by atoms with van der Waals surface area (Å²) in [7, 11) is 0. The molecule has 0 bridgehead atoms. The Morgan fingerprint density at radius 2 is 1.81 bits per heavy atom. The van der Waals surface area contributed by atoms with Crippen molar-refractivity contribution < 1.29 is 18.7 Å². The van der Waals surface area contributed by atoms with E-state index in [-0.39, 0.29) is 17.3 Å². The zero-order chi connectivity index (χ0) is 14.8. The number of hydrogen-bond donors (Lipinski definition) is 0. The van der Waals surface area contributed by atoms with E-state index in [1.807, 2.05) is 6.92 Å². The quantitative estimate of drug-likeness (QED) is 0.793. The molecule has 4 heteroatoms. The van der Waals surface area contributed by atoms with Crippen LogP contribution in [0, 0.1) is 11.7 Å². The molecule has 0 saturated heterocycles. The van der Waals surface area contributed by atoms with Crippen LogP contribution in [-0.2, 0) is 0 Å². The van der Waals surface area contributed by atoms with E-state index in [9.17, 15) is 9.18 Å². The van der Waals surface area contributed by atoms with Gasteiger partial charge in [-0.1, -0.05) is 19.1 Å². The molecule has 2 aromatic carbocycles. The van der Waals surface area contributed by atoms with E-state index >= 15 is 0 Å². The zero-order valence-corrected chi connectivity index (χ0v) is 11.6. The van der Waals surface area contributed by atoms with Gasteiger partial charge in [-0.05, 0) is 30.3 Å². The Balaban J connectivity index is 1.94. The smallest absolute Gasteiger partial charge is 0.196 e. The molecule has 1 unspecified atom stereocenters. The number of halogens is 1. The number of ether oxygens (including phenoxy) is 2. The lowest BCUT2D eigenvalue weighted by Crippen LogP contribution is -2.12. The second kappa shape index (κ2) is 5.56. The summed E-state index contributed by atoms with van der Waals surface area (Å²) in [6, 6.07) is 10.9. The standard InChI is InChI=1S/C17H15FO3/c1-11-9-20-15-7-6-12(8-16(15)21-10-11)17(19)13-4-2-3-5-14(13)18/h2-8,11H,9-10H2,1H3. The average Bonchev–Trinajstić information content (AvgIpc) is 2.69. The third kappa shape index (κ3) is 2.75. The van der Waals surface area contributed by atoms with Gasteiger partial charge in [-0.2, -0.15) is 0 Å². The van der Waals surface area contributed by atoms with Gasteiger partial charge in [0.1, 0.15) is 5.82 Å². The van der Waals surface area contributed by atoms with E-state index in [0.29, 0.717) is 30.3 Å². The van der Waals surface area contributed by atoms with Gasteiger partial charge in [0, 0.05) is 11.5 Å². The van der Waals surface area contributed by atoms with Crippen LogP contribution < -0.4 is 9.47 Å². The second-order valence-corrected chi connectivity index (χ2v) is 5.20. The van der Waals surface area contributed by atoms with E-state index in [4.69, 9.17) is 9.47 Å². The van der Waals surface area contributed by atoms with Crippen LogP contribution in [0.1, 0.15) is 22.8 Å². The fourth-order valence-electron chi connectivity index (χ4n) is 2.19. The van der Waals surface area contributed by atoms with Crippen LogP contribution in [0.3, 0.4) is 0 Å². The maximum absolute atomic E-state index is 13.7. The van der Waals surface area contributed by atoms with Crippen molar-refractivity contribution >= 4 is 5.78 Å². The van der Waals surface area contributed by atoms with Gasteiger partial charge in [0.2, 0.25) is 0 Å². The van der Waals surface area contributed by atoms with Crippen LogP contribution in [-0.4, -0.2) is 19.0 Å². The molecule has 0 aliphatic carbocycles. The minimum absolute atomic E-state index is 0.0559. The molecule has 21 heavy (non-hydrogen) atoms. The van der Waals surface area contributed by atoms with Crippen molar-refractivity contribution in [2.24, 2.45) is 5.92 Å². The fraction of sp³-hybridized carbons (Fsp3) is 0.235. The van der Waals surface area contributed by atoms with Crippen LogP contribution in [0.5, 0.6) is 11.5 Å². The molecule has 0 radical (unpaired) electrons. The highest BCUT2D eigenvalue weighted by Crippen LogP contribution is 2.32. The number of carbonyl (C=O) groups is 1. The highest BCUT2D eigenvalue weighted by atomic mass is 19.1. The number of benzene rings is 2. The minimum Gasteiger partial charge on any atom is -0.489 e. The SMILES string of the molecule is CC1COc2ccc(C(=O)c3ccccc3F)cc2OC1. The van der Waals surface area contributed by atoms with Crippen LogP contribution in [0.25, 0.3) is 0 Å². The summed E-state index contributed by atoms with van der Waals surface area (Å²) in [6.07, 6.45) is 0. The number of hydrogen-bond acceptors (Lipinski definition) is 3. The van der Waals surface area contributed by atoms with Crippen molar-refractivity contribution in [2.45, 2.75) is 6.92 Å². The van der Waals surface area contributed by atoms with Crippen LogP contribution in [0.15, 0.2) is 42.5 Å². The van der Waals surface area contributed by atoms with Gasteiger partial charge >= 0.3 is 0 Å². The Morgan fingerprint density at radius 1 is 1.10 bits per heavy atom. The summed E-state index contributed by atoms with van der Waals surface area (Å²) in [5, 5.41) is 0. The molecule has 1 atom stereocenters. The third-order valence-electron chi connectivity index (χ3n) is 3.37. The lowest BCUT2D eigenvalue weighted by atomic mass is 10.0. The predicted octanol–water partition coefficient (Wildman–Crippen LogP) is 3.46. The number of rotatable bonds is 2. The van der Waals surface area contributed by atoms with Gasteiger partial charge in [-0.3, -0.25) is 4.79 Å². The molecule has 0 N–H and O–H groups in total. The zero-order valence-electron chi connectivity index (χ0n) is 11.6. The topological polar surface area (TPSA) is 35.5 Å². The summed E-state index contributed by atoms with van der Waals surface area (Å²) >= 11 is 0. The Morgan fingerprint density at radius 3 is 2.57 bits per heavy atom. The van der Waals surface area contributed by atoms with E-state index in [1.165, 1.54) is 12.1 Å². The summed E-state index contributed by atoms with van der Waals surface area (Å²) in [6.45, 7) is 3.13. The lowest BCUT2D eigenvalue weighted by Gasteiger charge is -2.09. The number of ketones is 1. The Labute approximate surface area is 122 Å². The first-order valence-electron chi connectivity index (χ1n) is 6.84. The van der Waals surface area contributed by atoms with Gasteiger partial charge in [0.25, 0.3) is 0 Å². The van der Waals surface area contributed by atoms with Gasteiger partial charge in [-0.15, -0.1) is 0 Å². The summed E-state index contributed by atoms with van der Waals surface area (Å²) in [4.78, 5) is 12.4. The highest BCUT2D eigenvalue weighted by molar-refractivity contribution is 6.09. The molecule has 2 aromatic rings.